The van der Waals surface area contributed by atoms with Gasteiger partial charge in [0.15, 0.2) is 0 Å². The van der Waals surface area contributed by atoms with Crippen LogP contribution in [0.5, 0.6) is 0 Å². The summed E-state index contributed by atoms with van der Waals surface area (Å²) in [5.74, 6) is -0.541. The zero-order valence-electron chi connectivity index (χ0n) is 6.46. The van der Waals surface area contributed by atoms with Crippen molar-refractivity contribution in [2.75, 3.05) is 0 Å². The van der Waals surface area contributed by atoms with Gasteiger partial charge in [0, 0.05) is 6.07 Å². The van der Waals surface area contributed by atoms with Gasteiger partial charge in [-0.05, 0) is 22.0 Å². The van der Waals surface area contributed by atoms with Gasteiger partial charge in [-0.15, -0.1) is 0 Å². The van der Waals surface area contributed by atoms with E-state index >= 15 is 0 Å². The van der Waals surface area contributed by atoms with Crippen LogP contribution in [0, 0.1) is 15.9 Å². The minimum absolute atomic E-state index is 0.0739. The maximum absolute atomic E-state index is 12.9. The van der Waals surface area contributed by atoms with Gasteiger partial charge in [-0.3, -0.25) is 10.1 Å². The summed E-state index contributed by atoms with van der Waals surface area (Å²) in [5.41, 5.74) is 0.00831. The Hall–Kier alpha value is -1.23. The predicted molar refractivity (Wildman–Crippen MR) is 50.8 cm³/mol. The molecule has 0 amide bonds. The standard InChI is InChI=1S/C8H5BrFNO2/c1-2-5-3-7(10)6(9)4-8(5)11(12)13/h2-4H,1H2. The van der Waals surface area contributed by atoms with E-state index in [1.54, 1.807) is 0 Å². The third kappa shape index (κ3) is 1.92. The van der Waals surface area contributed by atoms with Crippen LogP contribution in [0.15, 0.2) is 23.2 Å². The fourth-order valence-electron chi connectivity index (χ4n) is 0.873. The van der Waals surface area contributed by atoms with E-state index in [2.05, 4.69) is 22.5 Å². The van der Waals surface area contributed by atoms with Gasteiger partial charge in [-0.2, -0.15) is 0 Å². The Bertz CT molecular complexity index is 379. The molecule has 3 nitrogen and oxygen atoms in total. The summed E-state index contributed by atoms with van der Waals surface area (Å²) < 4.78 is 13.0. The first kappa shape index (κ1) is 9.85. The summed E-state index contributed by atoms with van der Waals surface area (Å²) in [6.45, 7) is 3.36. The Morgan fingerprint density at radius 2 is 2.23 bits per heavy atom. The molecule has 0 N–H and O–H groups in total. The SMILES string of the molecule is C=Cc1cc(F)c(Br)cc1[N+](=O)[O-]. The van der Waals surface area contributed by atoms with E-state index in [0.717, 1.165) is 12.1 Å². The molecule has 0 aromatic heterocycles. The first-order valence-corrected chi connectivity index (χ1v) is 4.11. The molecule has 0 unspecified atom stereocenters. The molecule has 1 rings (SSSR count). The summed E-state index contributed by atoms with van der Waals surface area (Å²) in [6.07, 6.45) is 1.24. The first-order valence-electron chi connectivity index (χ1n) is 3.32. The van der Waals surface area contributed by atoms with Crippen LogP contribution in [0.25, 0.3) is 6.08 Å². The molecule has 0 fully saturated rings. The highest BCUT2D eigenvalue weighted by Gasteiger charge is 2.14. The topological polar surface area (TPSA) is 43.1 Å². The van der Waals surface area contributed by atoms with Crippen LogP contribution < -0.4 is 0 Å². The molecule has 5 heteroatoms. The van der Waals surface area contributed by atoms with Crippen LogP contribution in [0.4, 0.5) is 10.1 Å². The van der Waals surface area contributed by atoms with Crippen molar-refractivity contribution in [3.63, 3.8) is 0 Å². The van der Waals surface area contributed by atoms with E-state index in [9.17, 15) is 14.5 Å². The molecule has 0 atom stereocenters. The number of nitrogens with zero attached hydrogens (tertiary/aromatic N) is 1. The molecule has 0 aliphatic rings. The average Bonchev–Trinajstić information content (AvgIpc) is 2.08. The van der Waals surface area contributed by atoms with Crippen molar-refractivity contribution in [1.82, 2.24) is 0 Å². The molecule has 0 radical (unpaired) electrons. The van der Waals surface area contributed by atoms with Crippen LogP contribution >= 0.6 is 15.9 Å². The second-order valence-electron chi connectivity index (χ2n) is 2.29. The van der Waals surface area contributed by atoms with E-state index in [1.165, 1.54) is 6.08 Å². The molecule has 0 bridgehead atoms. The third-order valence-electron chi connectivity index (χ3n) is 1.49. The highest BCUT2D eigenvalue weighted by molar-refractivity contribution is 9.10. The average molecular weight is 246 g/mol. The first-order chi connectivity index (χ1) is 6.06. The van der Waals surface area contributed by atoms with Crippen LogP contribution in [0.2, 0.25) is 0 Å². The van der Waals surface area contributed by atoms with Gasteiger partial charge < -0.3 is 0 Å². The lowest BCUT2D eigenvalue weighted by Gasteiger charge is -1.99. The largest absolute Gasteiger partial charge is 0.277 e. The monoisotopic (exact) mass is 245 g/mol. The number of halogens is 2. The normalized spacial score (nSPS) is 9.69. The zero-order valence-corrected chi connectivity index (χ0v) is 8.04. The smallest absolute Gasteiger partial charge is 0.258 e. The lowest BCUT2D eigenvalue weighted by atomic mass is 10.2. The Morgan fingerprint density at radius 1 is 1.62 bits per heavy atom. The predicted octanol–water partition coefficient (Wildman–Crippen LogP) is 3.14. The van der Waals surface area contributed by atoms with Crippen molar-refractivity contribution >= 4 is 27.7 Å². The van der Waals surface area contributed by atoms with Crippen molar-refractivity contribution in [1.29, 1.82) is 0 Å². The molecule has 0 aliphatic heterocycles. The van der Waals surface area contributed by atoms with Crippen molar-refractivity contribution in [2.24, 2.45) is 0 Å². The Kier molecular flexibility index (Phi) is 2.77. The van der Waals surface area contributed by atoms with Crippen LogP contribution in [-0.2, 0) is 0 Å². The number of hydrogen-bond acceptors (Lipinski definition) is 2. The fourth-order valence-corrected chi connectivity index (χ4v) is 1.20. The summed E-state index contributed by atoms with van der Waals surface area (Å²) in [4.78, 5) is 9.88. The Labute approximate surface area is 82.2 Å². The summed E-state index contributed by atoms with van der Waals surface area (Å²) in [5, 5.41) is 10.5. The minimum atomic E-state index is -0.582. The molecular weight excluding hydrogens is 241 g/mol. The molecule has 0 spiro atoms. The van der Waals surface area contributed by atoms with Gasteiger partial charge in [-0.1, -0.05) is 12.7 Å². The van der Waals surface area contributed by atoms with Gasteiger partial charge >= 0.3 is 0 Å². The number of rotatable bonds is 2. The minimum Gasteiger partial charge on any atom is -0.258 e. The summed E-state index contributed by atoms with van der Waals surface area (Å²) in [6, 6.07) is 2.18. The molecule has 0 saturated carbocycles. The molecule has 0 saturated heterocycles. The fraction of sp³-hybridized carbons (Fsp3) is 0. The van der Waals surface area contributed by atoms with E-state index in [4.69, 9.17) is 0 Å². The van der Waals surface area contributed by atoms with Gasteiger partial charge in [0.2, 0.25) is 0 Å². The molecular formula is C8H5BrFNO2. The summed E-state index contributed by atoms with van der Waals surface area (Å²) >= 11 is 2.86. The van der Waals surface area contributed by atoms with Crippen LogP contribution in [-0.4, -0.2) is 4.92 Å². The highest BCUT2D eigenvalue weighted by Crippen LogP contribution is 2.26. The third-order valence-corrected chi connectivity index (χ3v) is 2.09. The van der Waals surface area contributed by atoms with E-state index < -0.39 is 10.7 Å². The number of nitro benzene ring substituents is 1. The summed E-state index contributed by atoms with van der Waals surface area (Å²) in [7, 11) is 0. The van der Waals surface area contributed by atoms with E-state index in [-0.39, 0.29) is 15.7 Å². The van der Waals surface area contributed by atoms with Crippen molar-refractivity contribution < 1.29 is 9.31 Å². The van der Waals surface area contributed by atoms with Gasteiger partial charge in [-0.25, -0.2) is 4.39 Å². The maximum atomic E-state index is 12.9. The molecule has 13 heavy (non-hydrogen) atoms. The molecule has 68 valence electrons. The van der Waals surface area contributed by atoms with Crippen molar-refractivity contribution in [3.8, 4) is 0 Å². The number of hydrogen-bond donors (Lipinski definition) is 0. The molecule has 0 aliphatic carbocycles. The van der Waals surface area contributed by atoms with Gasteiger partial charge in [0.1, 0.15) is 5.82 Å². The van der Waals surface area contributed by atoms with Crippen LogP contribution in [0.3, 0.4) is 0 Å². The number of nitro groups is 1. The van der Waals surface area contributed by atoms with Crippen LogP contribution in [0.1, 0.15) is 5.56 Å². The van der Waals surface area contributed by atoms with Gasteiger partial charge in [0.05, 0.1) is 15.0 Å². The quantitative estimate of drug-likeness (QED) is 0.594. The Balaban J connectivity index is 3.41. The molecule has 1 aromatic rings. The second-order valence-corrected chi connectivity index (χ2v) is 3.14. The zero-order chi connectivity index (χ0) is 10.0. The van der Waals surface area contributed by atoms with Gasteiger partial charge in [0.25, 0.3) is 5.69 Å². The lowest BCUT2D eigenvalue weighted by molar-refractivity contribution is -0.385. The molecule has 1 aromatic carbocycles. The van der Waals surface area contributed by atoms with Crippen molar-refractivity contribution in [3.05, 3.63) is 44.7 Å². The highest BCUT2D eigenvalue weighted by atomic mass is 79.9. The second kappa shape index (κ2) is 3.66. The Morgan fingerprint density at radius 3 is 2.69 bits per heavy atom. The van der Waals surface area contributed by atoms with Crippen molar-refractivity contribution in [2.45, 2.75) is 0 Å². The van der Waals surface area contributed by atoms with E-state index in [1.807, 2.05) is 0 Å². The lowest BCUT2D eigenvalue weighted by Crippen LogP contribution is -1.93. The molecule has 0 heterocycles. The number of benzene rings is 1. The maximum Gasteiger partial charge on any atom is 0.277 e. The van der Waals surface area contributed by atoms with E-state index in [0.29, 0.717) is 0 Å².